The number of nitrogens with two attached hydrogens (primary N) is 1. The summed E-state index contributed by atoms with van der Waals surface area (Å²) in [6, 6.07) is 9.06. The molecule has 8 nitrogen and oxygen atoms in total. The second kappa shape index (κ2) is 10.3. The number of hydrogen-bond acceptors (Lipinski definition) is 5. The van der Waals surface area contributed by atoms with Crippen molar-refractivity contribution in [2.45, 2.75) is 37.5 Å². The lowest BCUT2D eigenvalue weighted by Crippen LogP contribution is -2.32. The third-order valence-corrected chi connectivity index (χ3v) is 7.40. The molecule has 0 aromatic heterocycles. The van der Waals surface area contributed by atoms with Crippen LogP contribution < -0.4 is 15.8 Å². The van der Waals surface area contributed by atoms with Gasteiger partial charge in [-0.1, -0.05) is 30.5 Å². The highest BCUT2D eigenvalue weighted by molar-refractivity contribution is 7.89. The van der Waals surface area contributed by atoms with Crippen molar-refractivity contribution in [2.75, 3.05) is 25.0 Å². The van der Waals surface area contributed by atoms with Crippen LogP contribution in [0.1, 0.15) is 41.6 Å². The Kier molecular flexibility index (Phi) is 7.76. The SMILES string of the molecule is Cc1ccc(C(N)=O)c(OCC(=O)Nc2cc(S(=O)(=O)N3CCCCCC3)ccc2Cl)c1. The largest absolute Gasteiger partial charge is 0.483 e. The number of rotatable bonds is 7. The van der Waals surface area contributed by atoms with Crippen LogP contribution in [-0.4, -0.2) is 44.2 Å². The summed E-state index contributed by atoms with van der Waals surface area (Å²) in [5.74, 6) is -1.04. The molecule has 2 amide bonds. The topological polar surface area (TPSA) is 119 Å². The normalized spacial score (nSPS) is 15.1. The van der Waals surface area contributed by atoms with E-state index in [0.717, 1.165) is 31.2 Å². The maximum absolute atomic E-state index is 13.0. The van der Waals surface area contributed by atoms with Gasteiger partial charge in [0, 0.05) is 13.1 Å². The third-order valence-electron chi connectivity index (χ3n) is 5.18. The fourth-order valence-electron chi connectivity index (χ4n) is 3.47. The lowest BCUT2D eigenvalue weighted by Gasteiger charge is -2.20. The average molecular weight is 480 g/mol. The highest BCUT2D eigenvalue weighted by Gasteiger charge is 2.26. The molecular weight excluding hydrogens is 454 g/mol. The molecule has 2 aromatic rings. The molecule has 0 bridgehead atoms. The molecular formula is C22H26ClN3O5S. The predicted octanol–water partition coefficient (Wildman–Crippen LogP) is 3.33. The number of nitrogens with one attached hydrogen (secondary N) is 1. The van der Waals surface area contributed by atoms with E-state index >= 15 is 0 Å². The Balaban J connectivity index is 1.73. The Labute approximate surface area is 192 Å². The molecule has 1 fully saturated rings. The van der Waals surface area contributed by atoms with Crippen LogP contribution in [0, 0.1) is 6.92 Å². The zero-order valence-electron chi connectivity index (χ0n) is 17.8. The molecule has 0 aliphatic carbocycles. The number of nitrogens with zero attached hydrogens (tertiary/aromatic N) is 1. The van der Waals surface area contributed by atoms with Crippen LogP contribution >= 0.6 is 11.6 Å². The molecule has 172 valence electrons. The van der Waals surface area contributed by atoms with E-state index < -0.39 is 28.4 Å². The molecule has 3 rings (SSSR count). The van der Waals surface area contributed by atoms with Gasteiger partial charge in [-0.05, 0) is 55.7 Å². The Morgan fingerprint density at radius 2 is 1.78 bits per heavy atom. The number of aryl methyl sites for hydroxylation is 1. The lowest BCUT2D eigenvalue weighted by molar-refractivity contribution is -0.118. The van der Waals surface area contributed by atoms with Gasteiger partial charge >= 0.3 is 0 Å². The first-order valence-electron chi connectivity index (χ1n) is 10.3. The number of hydrogen-bond donors (Lipinski definition) is 2. The van der Waals surface area contributed by atoms with Gasteiger partial charge in [-0.3, -0.25) is 9.59 Å². The van der Waals surface area contributed by atoms with Gasteiger partial charge in [0.05, 0.1) is 21.2 Å². The summed E-state index contributed by atoms with van der Waals surface area (Å²) < 4.78 is 33.0. The van der Waals surface area contributed by atoms with Crippen LogP contribution in [-0.2, 0) is 14.8 Å². The summed E-state index contributed by atoms with van der Waals surface area (Å²) in [6.07, 6.45) is 3.65. The molecule has 0 atom stereocenters. The molecule has 1 heterocycles. The molecule has 0 saturated carbocycles. The van der Waals surface area contributed by atoms with Crippen molar-refractivity contribution >= 4 is 39.1 Å². The summed E-state index contributed by atoms with van der Waals surface area (Å²) in [4.78, 5) is 24.1. The molecule has 3 N–H and O–H groups in total. The molecule has 0 unspecified atom stereocenters. The van der Waals surface area contributed by atoms with E-state index in [1.54, 1.807) is 12.1 Å². The fraction of sp³-hybridized carbons (Fsp3) is 0.364. The highest BCUT2D eigenvalue weighted by Crippen LogP contribution is 2.28. The number of sulfonamides is 1. The van der Waals surface area contributed by atoms with Crippen molar-refractivity contribution in [1.82, 2.24) is 4.31 Å². The maximum atomic E-state index is 13.0. The van der Waals surface area contributed by atoms with Crippen LogP contribution in [0.4, 0.5) is 5.69 Å². The Morgan fingerprint density at radius 1 is 1.09 bits per heavy atom. The van der Waals surface area contributed by atoms with Crippen molar-refractivity contribution in [2.24, 2.45) is 5.73 Å². The van der Waals surface area contributed by atoms with Gasteiger partial charge in [-0.15, -0.1) is 0 Å². The standard InChI is InChI=1S/C22H26ClN3O5S/c1-15-6-8-17(22(24)28)20(12-15)31-14-21(27)25-19-13-16(7-9-18(19)23)32(29,30)26-10-4-2-3-5-11-26/h6-9,12-13H,2-5,10-11,14H2,1H3,(H2,24,28)(H,25,27). The van der Waals surface area contributed by atoms with E-state index in [1.165, 1.54) is 28.6 Å². The minimum absolute atomic E-state index is 0.0646. The number of anilines is 1. The van der Waals surface area contributed by atoms with Gasteiger partial charge in [0.1, 0.15) is 5.75 Å². The van der Waals surface area contributed by atoms with Crippen molar-refractivity contribution in [1.29, 1.82) is 0 Å². The van der Waals surface area contributed by atoms with Crippen LogP contribution in [0.25, 0.3) is 0 Å². The summed E-state index contributed by atoms with van der Waals surface area (Å²) in [7, 11) is -3.69. The number of halogens is 1. The maximum Gasteiger partial charge on any atom is 0.262 e. The van der Waals surface area contributed by atoms with E-state index in [1.807, 2.05) is 6.92 Å². The number of carbonyl (C=O) groups excluding carboxylic acids is 2. The van der Waals surface area contributed by atoms with Crippen LogP contribution in [0.15, 0.2) is 41.3 Å². The monoisotopic (exact) mass is 479 g/mol. The Morgan fingerprint density at radius 3 is 2.44 bits per heavy atom. The molecule has 0 radical (unpaired) electrons. The van der Waals surface area contributed by atoms with E-state index in [2.05, 4.69) is 5.32 Å². The smallest absolute Gasteiger partial charge is 0.262 e. The first kappa shape index (κ1) is 24.0. The number of benzene rings is 2. The first-order valence-corrected chi connectivity index (χ1v) is 12.1. The van der Waals surface area contributed by atoms with Crippen LogP contribution in [0.5, 0.6) is 5.75 Å². The van der Waals surface area contributed by atoms with E-state index in [4.69, 9.17) is 22.1 Å². The number of amides is 2. The number of carbonyl (C=O) groups is 2. The van der Waals surface area contributed by atoms with Crippen molar-refractivity contribution in [3.8, 4) is 5.75 Å². The summed E-state index contributed by atoms with van der Waals surface area (Å²) in [5.41, 5.74) is 6.50. The first-order chi connectivity index (χ1) is 15.2. The second-order valence-corrected chi connectivity index (χ2v) is 10.0. The van der Waals surface area contributed by atoms with Gasteiger partial charge in [-0.2, -0.15) is 4.31 Å². The number of primary amides is 1. The molecule has 1 aliphatic rings. The molecule has 0 spiro atoms. The highest BCUT2D eigenvalue weighted by atomic mass is 35.5. The van der Waals surface area contributed by atoms with Gasteiger partial charge in [0.15, 0.2) is 6.61 Å². The lowest BCUT2D eigenvalue weighted by atomic mass is 10.1. The Bertz CT molecular complexity index is 1110. The van der Waals surface area contributed by atoms with Crippen LogP contribution in [0.3, 0.4) is 0 Å². The third kappa shape index (κ3) is 5.79. The summed E-state index contributed by atoms with van der Waals surface area (Å²) >= 11 is 6.18. The fourth-order valence-corrected chi connectivity index (χ4v) is 5.18. The minimum Gasteiger partial charge on any atom is -0.483 e. The molecule has 1 saturated heterocycles. The Hall–Kier alpha value is -2.62. The van der Waals surface area contributed by atoms with Gasteiger partial charge in [-0.25, -0.2) is 8.42 Å². The van der Waals surface area contributed by atoms with Crippen molar-refractivity contribution in [3.05, 3.63) is 52.5 Å². The van der Waals surface area contributed by atoms with Gasteiger partial charge < -0.3 is 15.8 Å². The average Bonchev–Trinajstić information content (AvgIpc) is 3.04. The molecule has 10 heteroatoms. The van der Waals surface area contributed by atoms with Crippen LogP contribution in [0.2, 0.25) is 5.02 Å². The zero-order chi connectivity index (χ0) is 23.3. The van der Waals surface area contributed by atoms with Crippen molar-refractivity contribution in [3.63, 3.8) is 0 Å². The predicted molar refractivity (Wildman–Crippen MR) is 123 cm³/mol. The van der Waals surface area contributed by atoms with E-state index in [9.17, 15) is 18.0 Å². The molecule has 32 heavy (non-hydrogen) atoms. The quantitative estimate of drug-likeness (QED) is 0.631. The number of ether oxygens (including phenoxy) is 1. The zero-order valence-corrected chi connectivity index (χ0v) is 19.3. The van der Waals surface area contributed by atoms with E-state index in [-0.39, 0.29) is 26.9 Å². The summed E-state index contributed by atoms with van der Waals surface area (Å²) in [5, 5.41) is 2.77. The molecule has 2 aromatic carbocycles. The minimum atomic E-state index is -3.69. The second-order valence-electron chi connectivity index (χ2n) is 7.66. The van der Waals surface area contributed by atoms with Crippen molar-refractivity contribution < 1.29 is 22.7 Å². The van der Waals surface area contributed by atoms with Gasteiger partial charge in [0.2, 0.25) is 10.0 Å². The molecule has 1 aliphatic heterocycles. The van der Waals surface area contributed by atoms with E-state index in [0.29, 0.717) is 13.1 Å². The van der Waals surface area contributed by atoms with Gasteiger partial charge in [0.25, 0.3) is 11.8 Å². The summed E-state index contributed by atoms with van der Waals surface area (Å²) in [6.45, 7) is 2.34.